The predicted molar refractivity (Wildman–Crippen MR) is 77.2 cm³/mol. The van der Waals surface area contributed by atoms with Crippen LogP contribution in [-0.2, 0) is 11.4 Å². The average Bonchev–Trinajstić information content (AvgIpc) is 2.32. The fraction of sp³-hybridized carbons (Fsp3) is 0.571. The van der Waals surface area contributed by atoms with Crippen molar-refractivity contribution in [1.29, 1.82) is 0 Å². The molecule has 0 radical (unpaired) electrons. The minimum atomic E-state index is -4.72. The number of ether oxygens (including phenoxy) is 1. The van der Waals surface area contributed by atoms with Gasteiger partial charge in [-0.25, -0.2) is 0 Å². The van der Waals surface area contributed by atoms with Crippen LogP contribution in [0, 0.1) is 0 Å². The van der Waals surface area contributed by atoms with E-state index in [9.17, 15) is 17.7 Å². The summed E-state index contributed by atoms with van der Waals surface area (Å²) in [5.74, 6) is -0.276. The predicted octanol–water partition coefficient (Wildman–Crippen LogP) is 4.09. The molecule has 1 unspecified atom stereocenters. The van der Waals surface area contributed by atoms with Crippen molar-refractivity contribution in [2.45, 2.75) is 51.3 Å². The van der Waals surface area contributed by atoms with Gasteiger partial charge in [-0.15, -0.1) is 17.9 Å². The van der Waals surface area contributed by atoms with Gasteiger partial charge in [0.1, 0.15) is 10.5 Å². The van der Waals surface area contributed by atoms with E-state index in [0.29, 0.717) is 12.0 Å². The molecule has 2 atom stereocenters. The van der Waals surface area contributed by atoms with Gasteiger partial charge in [-0.2, -0.15) is 0 Å². The Labute approximate surface area is 126 Å². The maximum atomic E-state index is 12.2. The zero-order valence-corrected chi connectivity index (χ0v) is 13.3. The van der Waals surface area contributed by atoms with Crippen LogP contribution in [0.3, 0.4) is 0 Å². The van der Waals surface area contributed by atoms with Gasteiger partial charge in [0.2, 0.25) is 0 Å². The van der Waals surface area contributed by atoms with Crippen molar-refractivity contribution in [3.63, 3.8) is 0 Å². The summed E-state index contributed by atoms with van der Waals surface area (Å²) in [6.07, 6.45) is -4.13. The molecule has 0 amide bonds. The zero-order valence-electron chi connectivity index (χ0n) is 12.5. The fourth-order valence-corrected chi connectivity index (χ4v) is 2.54. The highest BCUT2D eigenvalue weighted by Crippen LogP contribution is 2.28. The van der Waals surface area contributed by atoms with Crippen molar-refractivity contribution < 1.29 is 22.5 Å². The van der Waals surface area contributed by atoms with Gasteiger partial charge in [0.25, 0.3) is 0 Å². The molecule has 0 aromatic heterocycles. The summed E-state index contributed by atoms with van der Waals surface area (Å²) in [5.41, 5.74) is 0.608. The Balaban J connectivity index is 2.89. The molecule has 21 heavy (non-hydrogen) atoms. The molecule has 120 valence electrons. The van der Waals surface area contributed by atoms with Crippen LogP contribution in [0.2, 0.25) is 0 Å². The molecule has 0 bridgehead atoms. The third kappa shape index (κ3) is 6.15. The van der Waals surface area contributed by atoms with Crippen molar-refractivity contribution in [2.75, 3.05) is 0 Å². The first kappa shape index (κ1) is 18.1. The van der Waals surface area contributed by atoms with Gasteiger partial charge in [-0.1, -0.05) is 19.1 Å². The van der Waals surface area contributed by atoms with Crippen LogP contribution in [0.1, 0.15) is 45.7 Å². The number of hydrogen-bond acceptors (Lipinski definition) is 3. The Morgan fingerprint density at radius 1 is 1.29 bits per heavy atom. The second-order valence-electron chi connectivity index (χ2n) is 5.58. The average molecular weight is 323 g/mol. The molecule has 0 aliphatic heterocycles. The minimum Gasteiger partial charge on any atom is -0.598 e. The Morgan fingerprint density at radius 2 is 1.90 bits per heavy atom. The number of nitrogens with one attached hydrogen (secondary N) is 1. The van der Waals surface area contributed by atoms with Gasteiger partial charge in [-0.3, -0.25) is 0 Å². The largest absolute Gasteiger partial charge is 0.598 e. The molecule has 0 fully saturated rings. The number of benzene rings is 1. The van der Waals surface area contributed by atoms with Crippen molar-refractivity contribution in [3.8, 4) is 5.75 Å². The van der Waals surface area contributed by atoms with Crippen molar-refractivity contribution in [2.24, 2.45) is 0 Å². The van der Waals surface area contributed by atoms with Crippen LogP contribution >= 0.6 is 0 Å². The lowest BCUT2D eigenvalue weighted by atomic mass is 10.1. The summed E-state index contributed by atoms with van der Waals surface area (Å²) in [6, 6.07) is 5.42. The monoisotopic (exact) mass is 323 g/mol. The third-order valence-corrected chi connectivity index (χ3v) is 4.32. The molecule has 7 heteroatoms. The molecule has 1 rings (SSSR count). The Kier molecular flexibility index (Phi) is 5.95. The first-order chi connectivity index (χ1) is 9.53. The maximum Gasteiger partial charge on any atom is 0.573 e. The Bertz CT molecular complexity index is 460. The molecule has 3 nitrogen and oxygen atoms in total. The molecule has 1 N–H and O–H groups in total. The lowest BCUT2D eigenvalue weighted by Gasteiger charge is -2.27. The van der Waals surface area contributed by atoms with Crippen molar-refractivity contribution >= 4 is 11.4 Å². The lowest BCUT2D eigenvalue weighted by molar-refractivity contribution is -0.274. The van der Waals surface area contributed by atoms with Gasteiger partial charge in [0.15, 0.2) is 0 Å². The van der Waals surface area contributed by atoms with E-state index < -0.39 is 22.5 Å². The van der Waals surface area contributed by atoms with E-state index in [-0.39, 0.29) is 11.8 Å². The van der Waals surface area contributed by atoms with E-state index in [1.807, 2.05) is 27.7 Å². The molecule has 0 aliphatic carbocycles. The number of halogens is 3. The van der Waals surface area contributed by atoms with E-state index in [4.69, 9.17) is 0 Å². The van der Waals surface area contributed by atoms with Gasteiger partial charge in [0.05, 0.1) is 6.04 Å². The summed E-state index contributed by atoms with van der Waals surface area (Å²) in [6.45, 7) is 7.35. The molecule has 0 heterocycles. The van der Waals surface area contributed by atoms with E-state index in [1.165, 1.54) is 18.2 Å². The molecule has 1 aromatic rings. The van der Waals surface area contributed by atoms with Crippen LogP contribution in [0.25, 0.3) is 0 Å². The summed E-state index contributed by atoms with van der Waals surface area (Å²) in [4.78, 5) is 0. The smallest absolute Gasteiger partial charge is 0.573 e. The molecule has 0 saturated carbocycles. The summed E-state index contributed by atoms with van der Waals surface area (Å²) in [5, 5.41) is 0. The third-order valence-electron chi connectivity index (χ3n) is 2.71. The Morgan fingerprint density at radius 3 is 2.38 bits per heavy atom. The van der Waals surface area contributed by atoms with Crippen LogP contribution in [-0.4, -0.2) is 15.7 Å². The second kappa shape index (κ2) is 6.89. The van der Waals surface area contributed by atoms with Gasteiger partial charge >= 0.3 is 6.36 Å². The molecule has 1 aromatic carbocycles. The maximum absolute atomic E-state index is 12.2. The Hall–Kier alpha value is -0.920. The lowest BCUT2D eigenvalue weighted by Crippen LogP contribution is -2.41. The molecule has 0 saturated heterocycles. The van der Waals surface area contributed by atoms with E-state index >= 15 is 0 Å². The summed E-state index contributed by atoms with van der Waals surface area (Å²) >= 11 is -1.31. The molecular formula is C14H20F3NO2S. The van der Waals surface area contributed by atoms with Crippen LogP contribution < -0.4 is 9.46 Å². The highest BCUT2D eigenvalue weighted by Gasteiger charge is 2.32. The summed E-state index contributed by atoms with van der Waals surface area (Å²) in [7, 11) is 0. The first-order valence-corrected chi connectivity index (χ1v) is 7.71. The number of hydrogen-bond donors (Lipinski definition) is 1. The molecule has 0 aliphatic rings. The van der Waals surface area contributed by atoms with E-state index in [1.54, 1.807) is 6.07 Å². The second-order valence-corrected chi connectivity index (χ2v) is 7.58. The highest BCUT2D eigenvalue weighted by molar-refractivity contribution is 7.90. The normalized spacial score (nSPS) is 15.6. The van der Waals surface area contributed by atoms with Crippen LogP contribution in [0.4, 0.5) is 13.2 Å². The highest BCUT2D eigenvalue weighted by atomic mass is 32.2. The standard InChI is InChI=1S/C14H20F3NO2S/c1-5-12(18-21(19)13(2,3)4)10-7-6-8-11(9-10)20-14(15,16)17/h6-9,12,18H,5H2,1-4H3/t12?,21-/m1/s1. The van der Waals surface area contributed by atoms with Crippen molar-refractivity contribution in [1.82, 2.24) is 4.72 Å². The molecular weight excluding hydrogens is 303 g/mol. The minimum absolute atomic E-state index is 0.276. The van der Waals surface area contributed by atoms with Crippen molar-refractivity contribution in [3.05, 3.63) is 29.8 Å². The van der Waals surface area contributed by atoms with Gasteiger partial charge < -0.3 is 9.29 Å². The zero-order chi connectivity index (χ0) is 16.3. The van der Waals surface area contributed by atoms with Gasteiger partial charge in [-0.05, 0) is 44.9 Å². The SMILES string of the molecule is CCC(N[S@+]([O-])C(C)(C)C)c1cccc(OC(F)(F)F)c1. The quantitative estimate of drug-likeness (QED) is 0.830. The number of rotatable bonds is 5. The topological polar surface area (TPSA) is 44.3 Å². The van der Waals surface area contributed by atoms with Crippen LogP contribution in [0.15, 0.2) is 24.3 Å². The fourth-order valence-electron chi connectivity index (χ4n) is 1.62. The number of alkyl halides is 3. The van der Waals surface area contributed by atoms with E-state index in [2.05, 4.69) is 9.46 Å². The summed E-state index contributed by atoms with van der Waals surface area (Å²) < 4.78 is 55.2. The van der Waals surface area contributed by atoms with E-state index in [0.717, 1.165) is 0 Å². The van der Waals surface area contributed by atoms with Gasteiger partial charge in [0, 0.05) is 11.4 Å². The molecule has 0 spiro atoms. The van der Waals surface area contributed by atoms with Crippen LogP contribution in [0.5, 0.6) is 5.75 Å². The first-order valence-electron chi connectivity index (χ1n) is 6.56.